The number of anilines is 2. The van der Waals surface area contributed by atoms with Crippen molar-refractivity contribution in [1.29, 1.82) is 0 Å². The molecule has 0 saturated carbocycles. The van der Waals surface area contributed by atoms with E-state index in [-0.39, 0.29) is 0 Å². The Morgan fingerprint density at radius 2 is 1.63 bits per heavy atom. The molecule has 0 aromatic heterocycles. The van der Waals surface area contributed by atoms with Gasteiger partial charge in [0.05, 0.1) is 0 Å². The van der Waals surface area contributed by atoms with Crippen molar-refractivity contribution in [2.24, 2.45) is 0 Å². The summed E-state index contributed by atoms with van der Waals surface area (Å²) in [6.07, 6.45) is 0. The van der Waals surface area contributed by atoms with Crippen LogP contribution in [0.3, 0.4) is 0 Å². The summed E-state index contributed by atoms with van der Waals surface area (Å²) in [4.78, 5) is 2.42. The molecule has 3 heteroatoms. The molecule has 3 N–H and O–H groups in total. The lowest BCUT2D eigenvalue weighted by Gasteiger charge is -2.29. The fraction of sp³-hybridized carbons (Fsp3) is 0.250. The van der Waals surface area contributed by atoms with Crippen LogP contribution >= 0.6 is 0 Å². The average Bonchev–Trinajstić information content (AvgIpc) is 2.48. The van der Waals surface area contributed by atoms with Crippen molar-refractivity contribution < 1.29 is 0 Å². The molecule has 1 saturated heterocycles. The van der Waals surface area contributed by atoms with Crippen LogP contribution in [0.15, 0.2) is 48.5 Å². The molecule has 2 aromatic rings. The van der Waals surface area contributed by atoms with Crippen LogP contribution in [0.5, 0.6) is 0 Å². The van der Waals surface area contributed by atoms with E-state index in [1.165, 1.54) is 16.8 Å². The van der Waals surface area contributed by atoms with Crippen LogP contribution < -0.4 is 16.0 Å². The van der Waals surface area contributed by atoms with Gasteiger partial charge < -0.3 is 16.0 Å². The predicted octanol–water partition coefficient (Wildman–Crippen LogP) is 2.35. The maximum absolute atomic E-state index is 5.83. The van der Waals surface area contributed by atoms with Crippen LogP contribution in [-0.2, 0) is 0 Å². The van der Waals surface area contributed by atoms with Gasteiger partial charge in [-0.05, 0) is 35.4 Å². The van der Waals surface area contributed by atoms with Crippen molar-refractivity contribution in [3.8, 4) is 11.1 Å². The number of hydrogen-bond donors (Lipinski definition) is 2. The summed E-state index contributed by atoms with van der Waals surface area (Å²) in [5.74, 6) is 0. The van der Waals surface area contributed by atoms with Gasteiger partial charge in [0.2, 0.25) is 0 Å². The Kier molecular flexibility index (Phi) is 3.38. The highest BCUT2D eigenvalue weighted by molar-refractivity contribution is 5.69. The van der Waals surface area contributed by atoms with Gasteiger partial charge in [-0.1, -0.05) is 24.3 Å². The van der Waals surface area contributed by atoms with Crippen molar-refractivity contribution >= 4 is 11.4 Å². The molecule has 3 rings (SSSR count). The molecule has 0 aliphatic carbocycles. The van der Waals surface area contributed by atoms with E-state index in [4.69, 9.17) is 5.73 Å². The summed E-state index contributed by atoms with van der Waals surface area (Å²) in [5, 5.41) is 3.37. The predicted molar refractivity (Wildman–Crippen MR) is 81.4 cm³/mol. The molecule has 19 heavy (non-hydrogen) atoms. The number of nitrogens with two attached hydrogens (primary N) is 1. The minimum absolute atomic E-state index is 0.809. The largest absolute Gasteiger partial charge is 0.399 e. The third kappa shape index (κ3) is 2.71. The zero-order chi connectivity index (χ0) is 13.1. The van der Waals surface area contributed by atoms with Gasteiger partial charge in [-0.25, -0.2) is 0 Å². The topological polar surface area (TPSA) is 41.3 Å². The van der Waals surface area contributed by atoms with E-state index in [9.17, 15) is 0 Å². The molecule has 3 nitrogen and oxygen atoms in total. The lowest BCUT2D eigenvalue weighted by Crippen LogP contribution is -2.43. The molecule has 0 spiro atoms. The first-order chi connectivity index (χ1) is 9.33. The number of benzene rings is 2. The highest BCUT2D eigenvalue weighted by Gasteiger charge is 2.10. The molecule has 0 bridgehead atoms. The number of nitrogen functional groups attached to an aromatic ring is 1. The molecule has 1 aliphatic heterocycles. The lowest BCUT2D eigenvalue weighted by molar-refractivity contribution is 0.589. The van der Waals surface area contributed by atoms with Crippen molar-refractivity contribution in [3.63, 3.8) is 0 Å². The molecule has 1 fully saturated rings. The maximum atomic E-state index is 5.83. The first-order valence-electron chi connectivity index (χ1n) is 6.74. The Morgan fingerprint density at radius 3 is 2.32 bits per heavy atom. The van der Waals surface area contributed by atoms with Crippen molar-refractivity contribution in [1.82, 2.24) is 5.32 Å². The smallest absolute Gasteiger partial charge is 0.0367 e. The van der Waals surface area contributed by atoms with Crippen LogP contribution in [0.2, 0.25) is 0 Å². The van der Waals surface area contributed by atoms with Crippen LogP contribution in [-0.4, -0.2) is 26.2 Å². The second-order valence-electron chi connectivity index (χ2n) is 4.91. The first-order valence-corrected chi connectivity index (χ1v) is 6.74. The van der Waals surface area contributed by atoms with Crippen molar-refractivity contribution in [2.45, 2.75) is 0 Å². The molecular formula is C16H19N3. The molecule has 0 amide bonds. The van der Waals surface area contributed by atoms with Crippen LogP contribution in [0, 0.1) is 0 Å². The molecule has 0 atom stereocenters. The second-order valence-corrected chi connectivity index (χ2v) is 4.91. The second kappa shape index (κ2) is 5.33. The third-order valence-electron chi connectivity index (χ3n) is 3.57. The zero-order valence-corrected chi connectivity index (χ0v) is 11.0. The average molecular weight is 253 g/mol. The van der Waals surface area contributed by atoms with Gasteiger partial charge in [0.25, 0.3) is 0 Å². The van der Waals surface area contributed by atoms with E-state index in [1.807, 2.05) is 18.2 Å². The molecular weight excluding hydrogens is 234 g/mol. The maximum Gasteiger partial charge on any atom is 0.0367 e. The Morgan fingerprint density at radius 1 is 0.895 bits per heavy atom. The van der Waals surface area contributed by atoms with E-state index >= 15 is 0 Å². The molecule has 1 aliphatic rings. The minimum atomic E-state index is 0.809. The van der Waals surface area contributed by atoms with Crippen LogP contribution in [0.4, 0.5) is 11.4 Å². The monoisotopic (exact) mass is 253 g/mol. The fourth-order valence-corrected chi connectivity index (χ4v) is 2.51. The summed E-state index contributed by atoms with van der Waals surface area (Å²) in [6, 6.07) is 16.8. The van der Waals surface area contributed by atoms with E-state index in [0.717, 1.165) is 31.9 Å². The Labute approximate surface area is 114 Å². The van der Waals surface area contributed by atoms with E-state index in [0.29, 0.717) is 0 Å². The highest BCUT2D eigenvalue weighted by Crippen LogP contribution is 2.24. The summed E-state index contributed by atoms with van der Waals surface area (Å²) in [5.41, 5.74) is 10.3. The number of hydrogen-bond acceptors (Lipinski definition) is 3. The number of nitrogens with one attached hydrogen (secondary N) is 1. The molecule has 0 radical (unpaired) electrons. The summed E-state index contributed by atoms with van der Waals surface area (Å²) < 4.78 is 0. The molecule has 0 unspecified atom stereocenters. The quantitative estimate of drug-likeness (QED) is 0.807. The minimum Gasteiger partial charge on any atom is -0.399 e. The summed E-state index contributed by atoms with van der Waals surface area (Å²) in [6.45, 7) is 4.29. The van der Waals surface area contributed by atoms with Gasteiger partial charge in [0.1, 0.15) is 0 Å². The molecule has 98 valence electrons. The zero-order valence-electron chi connectivity index (χ0n) is 11.0. The molecule has 1 heterocycles. The Balaban J connectivity index is 1.82. The van der Waals surface area contributed by atoms with Crippen molar-refractivity contribution in [2.75, 3.05) is 36.8 Å². The van der Waals surface area contributed by atoms with Gasteiger partial charge in [-0.3, -0.25) is 0 Å². The van der Waals surface area contributed by atoms with Crippen LogP contribution in [0.25, 0.3) is 11.1 Å². The van der Waals surface area contributed by atoms with Crippen molar-refractivity contribution in [3.05, 3.63) is 48.5 Å². The standard InChI is InChI=1S/C16H19N3/c17-15-3-1-2-14(12-15)13-4-6-16(7-5-13)19-10-8-18-9-11-19/h1-7,12,18H,8-11,17H2. The first kappa shape index (κ1) is 12.1. The Hall–Kier alpha value is -2.00. The fourth-order valence-electron chi connectivity index (χ4n) is 2.51. The van der Waals surface area contributed by atoms with E-state index in [2.05, 4.69) is 40.5 Å². The SMILES string of the molecule is Nc1cccc(-c2ccc(N3CCNCC3)cc2)c1. The Bertz CT molecular complexity index is 542. The van der Waals surface area contributed by atoms with Gasteiger partial charge >= 0.3 is 0 Å². The number of rotatable bonds is 2. The highest BCUT2D eigenvalue weighted by atomic mass is 15.2. The normalized spacial score (nSPS) is 15.5. The van der Waals surface area contributed by atoms with Gasteiger partial charge in [-0.15, -0.1) is 0 Å². The van der Waals surface area contributed by atoms with Crippen LogP contribution in [0.1, 0.15) is 0 Å². The van der Waals surface area contributed by atoms with Gasteiger partial charge in [0.15, 0.2) is 0 Å². The summed E-state index contributed by atoms with van der Waals surface area (Å²) in [7, 11) is 0. The van der Waals surface area contributed by atoms with Gasteiger partial charge in [-0.2, -0.15) is 0 Å². The summed E-state index contributed by atoms with van der Waals surface area (Å²) >= 11 is 0. The number of piperazine rings is 1. The molecule has 2 aromatic carbocycles. The lowest BCUT2D eigenvalue weighted by atomic mass is 10.0. The van der Waals surface area contributed by atoms with E-state index < -0.39 is 0 Å². The third-order valence-corrected chi connectivity index (χ3v) is 3.57. The van der Waals surface area contributed by atoms with Gasteiger partial charge in [0, 0.05) is 37.6 Å². The van der Waals surface area contributed by atoms with E-state index in [1.54, 1.807) is 0 Å². The number of nitrogens with zero attached hydrogens (tertiary/aromatic N) is 1.